The van der Waals surface area contributed by atoms with Gasteiger partial charge in [-0.2, -0.15) is 0 Å². The van der Waals surface area contributed by atoms with E-state index in [9.17, 15) is 9.59 Å². The number of carbonyl (C=O) groups excluding carboxylic acids is 2. The largest absolute Gasteiger partial charge is 0.445 e. The predicted molar refractivity (Wildman–Crippen MR) is 91.4 cm³/mol. The van der Waals surface area contributed by atoms with Crippen molar-refractivity contribution >= 4 is 11.9 Å². The summed E-state index contributed by atoms with van der Waals surface area (Å²) in [6.45, 7) is 1.97. The van der Waals surface area contributed by atoms with Crippen molar-refractivity contribution in [2.75, 3.05) is 6.54 Å². The maximum atomic E-state index is 13.2. The Balaban J connectivity index is 1.87. The van der Waals surface area contributed by atoms with E-state index >= 15 is 0 Å². The van der Waals surface area contributed by atoms with Crippen molar-refractivity contribution in [3.8, 4) is 12.3 Å². The highest BCUT2D eigenvalue weighted by molar-refractivity contribution is 5.97. The summed E-state index contributed by atoms with van der Waals surface area (Å²) in [4.78, 5) is 27.3. The van der Waals surface area contributed by atoms with Crippen LogP contribution in [0.1, 0.15) is 54.9 Å². The van der Waals surface area contributed by atoms with E-state index in [1.165, 1.54) is 6.42 Å². The van der Waals surface area contributed by atoms with Gasteiger partial charge in [-0.05, 0) is 31.4 Å². The van der Waals surface area contributed by atoms with Crippen LogP contribution in [-0.4, -0.2) is 35.0 Å². The van der Waals surface area contributed by atoms with Crippen LogP contribution in [0.4, 0.5) is 0 Å². The molecule has 3 rings (SSSR count). The molecule has 4 nitrogen and oxygen atoms in total. The highest BCUT2D eigenvalue weighted by Crippen LogP contribution is 2.32. The van der Waals surface area contributed by atoms with Gasteiger partial charge in [-0.3, -0.25) is 4.79 Å². The van der Waals surface area contributed by atoms with Crippen molar-refractivity contribution in [3.05, 3.63) is 35.4 Å². The second kappa shape index (κ2) is 6.68. The van der Waals surface area contributed by atoms with Gasteiger partial charge in [0.15, 0.2) is 5.60 Å². The average molecular weight is 325 g/mol. The molecule has 1 atom stereocenters. The number of rotatable bonds is 3. The second-order valence-electron chi connectivity index (χ2n) is 6.88. The Kier molecular flexibility index (Phi) is 4.62. The maximum Gasteiger partial charge on any atom is 0.339 e. The monoisotopic (exact) mass is 325 g/mol. The molecule has 0 bridgehead atoms. The van der Waals surface area contributed by atoms with Gasteiger partial charge in [0, 0.05) is 12.5 Å². The van der Waals surface area contributed by atoms with Crippen LogP contribution in [0.25, 0.3) is 0 Å². The van der Waals surface area contributed by atoms with E-state index in [1.807, 2.05) is 12.1 Å². The van der Waals surface area contributed by atoms with E-state index in [1.54, 1.807) is 24.0 Å². The predicted octanol–water partition coefficient (Wildman–Crippen LogP) is 2.95. The number of nitrogens with zero attached hydrogens (tertiary/aromatic N) is 1. The molecule has 126 valence electrons. The number of cyclic esters (lactones) is 1. The smallest absolute Gasteiger partial charge is 0.339 e. The number of ether oxygens (including phenoxy) is 1. The minimum Gasteiger partial charge on any atom is -0.445 e. The molecule has 0 saturated heterocycles. The third-order valence-corrected chi connectivity index (χ3v) is 5.07. The lowest BCUT2D eigenvalue weighted by Gasteiger charge is -2.40. The number of hydrogen-bond donors (Lipinski definition) is 0. The number of esters is 1. The first-order valence-electron chi connectivity index (χ1n) is 8.61. The summed E-state index contributed by atoms with van der Waals surface area (Å²) in [6, 6.07) is 7.45. The Hall–Kier alpha value is -2.28. The number of terminal acetylenes is 1. The number of benzene rings is 1. The fourth-order valence-electron chi connectivity index (χ4n) is 3.81. The van der Waals surface area contributed by atoms with E-state index in [4.69, 9.17) is 11.2 Å². The van der Waals surface area contributed by atoms with Crippen LogP contribution in [-0.2, 0) is 16.0 Å². The number of amides is 1. The molecular formula is C20H23NO3. The lowest BCUT2D eigenvalue weighted by Crippen LogP contribution is -2.56. The number of fused-ring (bicyclic) bond motifs is 1. The topological polar surface area (TPSA) is 46.6 Å². The first kappa shape index (κ1) is 16.6. The molecule has 1 amide bonds. The summed E-state index contributed by atoms with van der Waals surface area (Å²) in [6.07, 6.45) is 11.2. The van der Waals surface area contributed by atoms with E-state index < -0.39 is 11.6 Å². The van der Waals surface area contributed by atoms with Gasteiger partial charge in [-0.15, -0.1) is 6.42 Å². The van der Waals surface area contributed by atoms with Crippen LogP contribution in [0.15, 0.2) is 24.3 Å². The maximum absolute atomic E-state index is 13.2. The Bertz CT molecular complexity index is 684. The molecule has 1 fully saturated rings. The SMILES string of the molecule is C#CCN(C(=O)C1(C)Cc2ccccc2C(=O)O1)C1CCCCC1. The molecule has 1 saturated carbocycles. The van der Waals surface area contributed by atoms with Crippen LogP contribution in [0.3, 0.4) is 0 Å². The Morgan fingerprint density at radius 2 is 2.04 bits per heavy atom. The second-order valence-corrected chi connectivity index (χ2v) is 6.88. The molecule has 1 unspecified atom stereocenters. The van der Waals surface area contributed by atoms with Crippen molar-refractivity contribution < 1.29 is 14.3 Å². The first-order valence-corrected chi connectivity index (χ1v) is 8.61. The fourth-order valence-corrected chi connectivity index (χ4v) is 3.81. The molecule has 0 N–H and O–H groups in total. The minimum absolute atomic E-state index is 0.148. The van der Waals surface area contributed by atoms with Gasteiger partial charge in [0.1, 0.15) is 0 Å². The van der Waals surface area contributed by atoms with Crippen molar-refractivity contribution in [2.45, 2.75) is 57.1 Å². The van der Waals surface area contributed by atoms with E-state index in [0.717, 1.165) is 31.2 Å². The molecule has 1 aromatic rings. The molecule has 1 aliphatic carbocycles. The molecule has 1 heterocycles. The normalized spacial score (nSPS) is 23.8. The van der Waals surface area contributed by atoms with Crippen molar-refractivity contribution in [1.29, 1.82) is 0 Å². The number of carbonyl (C=O) groups is 2. The van der Waals surface area contributed by atoms with Gasteiger partial charge in [-0.25, -0.2) is 4.79 Å². The molecule has 2 aliphatic rings. The van der Waals surface area contributed by atoms with E-state index in [-0.39, 0.29) is 18.5 Å². The van der Waals surface area contributed by atoms with Crippen molar-refractivity contribution in [1.82, 2.24) is 4.90 Å². The zero-order chi connectivity index (χ0) is 17.2. The quantitative estimate of drug-likeness (QED) is 0.634. The summed E-state index contributed by atoms with van der Waals surface area (Å²) in [5, 5.41) is 0. The average Bonchev–Trinajstić information content (AvgIpc) is 2.60. The summed E-state index contributed by atoms with van der Waals surface area (Å²) >= 11 is 0. The first-order chi connectivity index (χ1) is 11.5. The van der Waals surface area contributed by atoms with Gasteiger partial charge in [0.05, 0.1) is 12.1 Å². The molecule has 0 radical (unpaired) electrons. The van der Waals surface area contributed by atoms with Crippen LogP contribution in [0.5, 0.6) is 0 Å². The summed E-state index contributed by atoms with van der Waals surface area (Å²) in [7, 11) is 0. The van der Waals surface area contributed by atoms with Crippen LogP contribution in [0.2, 0.25) is 0 Å². The van der Waals surface area contributed by atoms with Gasteiger partial charge >= 0.3 is 5.97 Å². The zero-order valence-corrected chi connectivity index (χ0v) is 14.1. The molecule has 4 heteroatoms. The van der Waals surface area contributed by atoms with E-state index in [0.29, 0.717) is 12.0 Å². The van der Waals surface area contributed by atoms with Gasteiger partial charge in [0.2, 0.25) is 0 Å². The molecule has 1 aliphatic heterocycles. The highest BCUT2D eigenvalue weighted by Gasteiger charge is 2.46. The standard InChI is InChI=1S/C20H23NO3/c1-3-13-21(16-10-5-4-6-11-16)19(23)20(2)14-15-9-7-8-12-17(15)18(22)24-20/h1,7-9,12,16H,4-6,10-11,13-14H2,2H3. The summed E-state index contributed by atoms with van der Waals surface area (Å²) in [5.74, 6) is 1.99. The van der Waals surface area contributed by atoms with Gasteiger partial charge in [0.25, 0.3) is 5.91 Å². The van der Waals surface area contributed by atoms with Gasteiger partial charge in [-0.1, -0.05) is 43.4 Å². The summed E-state index contributed by atoms with van der Waals surface area (Å²) < 4.78 is 5.58. The van der Waals surface area contributed by atoms with Crippen LogP contribution < -0.4 is 0 Å². The fraction of sp³-hybridized carbons (Fsp3) is 0.500. The molecule has 0 spiro atoms. The molecular weight excluding hydrogens is 302 g/mol. The van der Waals surface area contributed by atoms with E-state index in [2.05, 4.69) is 5.92 Å². The third-order valence-electron chi connectivity index (χ3n) is 5.07. The molecule has 24 heavy (non-hydrogen) atoms. The Morgan fingerprint density at radius 3 is 2.75 bits per heavy atom. The third kappa shape index (κ3) is 3.03. The van der Waals surface area contributed by atoms with Crippen molar-refractivity contribution in [2.24, 2.45) is 0 Å². The van der Waals surface area contributed by atoms with Crippen molar-refractivity contribution in [3.63, 3.8) is 0 Å². The molecule has 1 aromatic carbocycles. The van der Waals surface area contributed by atoms with Crippen LogP contribution >= 0.6 is 0 Å². The zero-order valence-electron chi connectivity index (χ0n) is 14.1. The highest BCUT2D eigenvalue weighted by atomic mass is 16.6. The van der Waals surface area contributed by atoms with Crippen LogP contribution in [0, 0.1) is 12.3 Å². The Labute approximate surface area is 143 Å². The lowest BCUT2D eigenvalue weighted by atomic mass is 9.87. The summed E-state index contributed by atoms with van der Waals surface area (Å²) in [5.41, 5.74) is 0.220. The Morgan fingerprint density at radius 1 is 1.33 bits per heavy atom. The number of hydrogen-bond acceptors (Lipinski definition) is 3. The minimum atomic E-state index is -1.18. The lowest BCUT2D eigenvalue weighted by molar-refractivity contribution is -0.153. The molecule has 0 aromatic heterocycles. The van der Waals surface area contributed by atoms with Gasteiger partial charge < -0.3 is 9.64 Å².